The Hall–Kier alpha value is -2.81. The molecule has 0 aliphatic heterocycles. The maximum Gasteiger partial charge on any atom is 0.349 e. The van der Waals surface area contributed by atoms with Gasteiger partial charge in [0.1, 0.15) is 23.0 Å². The first kappa shape index (κ1) is 15.2. The van der Waals surface area contributed by atoms with Crippen LogP contribution in [0.3, 0.4) is 0 Å². The largest absolute Gasteiger partial charge is 0.506 e. The first-order valence-corrected chi connectivity index (χ1v) is 5.74. The second-order valence-corrected chi connectivity index (χ2v) is 4.17. The smallest absolute Gasteiger partial charge is 0.349 e. The summed E-state index contributed by atoms with van der Waals surface area (Å²) in [6.07, 6.45) is 0.699. The van der Waals surface area contributed by atoms with Gasteiger partial charge in [-0.1, -0.05) is 12.1 Å². The van der Waals surface area contributed by atoms with Crippen LogP contribution in [0, 0.1) is 11.3 Å². The zero-order valence-electron chi connectivity index (χ0n) is 11.0. The van der Waals surface area contributed by atoms with E-state index in [1.165, 1.54) is 18.2 Å². The molecule has 6 heteroatoms. The molecule has 0 aliphatic rings. The van der Waals surface area contributed by atoms with E-state index in [0.717, 1.165) is 6.08 Å². The van der Waals surface area contributed by atoms with Gasteiger partial charge in [0.2, 0.25) is 0 Å². The zero-order chi connectivity index (χ0) is 15.3. The number of esters is 1. The van der Waals surface area contributed by atoms with Gasteiger partial charge in [0.15, 0.2) is 0 Å². The Morgan fingerprint density at radius 1 is 1.40 bits per heavy atom. The van der Waals surface area contributed by atoms with Crippen LogP contribution in [0.2, 0.25) is 0 Å². The molecule has 0 saturated heterocycles. The number of carboxylic acid groups (broad SMARTS) is 1. The molecule has 0 unspecified atom stereocenters. The molecule has 0 aromatic heterocycles. The van der Waals surface area contributed by atoms with Crippen molar-refractivity contribution in [3.63, 3.8) is 0 Å². The van der Waals surface area contributed by atoms with Crippen LogP contribution in [-0.2, 0) is 9.53 Å². The SMILES string of the molecule is CC(C)OC(=O)/C(C#N)=C/c1cccc(C(=O)O)c1O. The predicted molar refractivity (Wildman–Crippen MR) is 69.9 cm³/mol. The number of carbonyl (C=O) groups excluding carboxylic acids is 1. The number of aromatic carboxylic acids is 1. The van der Waals surface area contributed by atoms with E-state index < -0.39 is 23.8 Å². The Labute approximate surface area is 115 Å². The minimum Gasteiger partial charge on any atom is -0.506 e. The molecule has 0 saturated carbocycles. The van der Waals surface area contributed by atoms with Crippen LogP contribution >= 0.6 is 0 Å². The number of hydrogen-bond acceptors (Lipinski definition) is 5. The van der Waals surface area contributed by atoms with Crippen LogP contribution in [0.25, 0.3) is 6.08 Å². The molecule has 0 amide bonds. The van der Waals surface area contributed by atoms with Crippen molar-refractivity contribution in [1.82, 2.24) is 0 Å². The van der Waals surface area contributed by atoms with Crippen LogP contribution in [0.15, 0.2) is 23.8 Å². The summed E-state index contributed by atoms with van der Waals surface area (Å²) in [4.78, 5) is 22.5. The van der Waals surface area contributed by atoms with Crippen molar-refractivity contribution in [2.24, 2.45) is 0 Å². The summed E-state index contributed by atoms with van der Waals surface area (Å²) in [7, 11) is 0. The van der Waals surface area contributed by atoms with E-state index in [0.29, 0.717) is 0 Å². The summed E-state index contributed by atoms with van der Waals surface area (Å²) in [5, 5.41) is 27.6. The number of carboxylic acids is 1. The van der Waals surface area contributed by atoms with Crippen LogP contribution in [0.1, 0.15) is 29.8 Å². The summed E-state index contributed by atoms with van der Waals surface area (Å²) in [6, 6.07) is 5.67. The third-order valence-corrected chi connectivity index (χ3v) is 2.28. The van der Waals surface area contributed by atoms with Gasteiger partial charge in [0.05, 0.1) is 6.10 Å². The van der Waals surface area contributed by atoms with Gasteiger partial charge >= 0.3 is 11.9 Å². The van der Waals surface area contributed by atoms with Crippen molar-refractivity contribution in [2.45, 2.75) is 20.0 Å². The monoisotopic (exact) mass is 275 g/mol. The minimum atomic E-state index is -1.30. The van der Waals surface area contributed by atoms with Gasteiger partial charge in [0.25, 0.3) is 0 Å². The molecule has 0 fully saturated rings. The van der Waals surface area contributed by atoms with Crippen LogP contribution in [0.5, 0.6) is 5.75 Å². The van der Waals surface area contributed by atoms with E-state index in [1.54, 1.807) is 19.9 Å². The number of carbonyl (C=O) groups is 2. The summed E-state index contributed by atoms with van der Waals surface area (Å²) >= 11 is 0. The first-order valence-electron chi connectivity index (χ1n) is 5.74. The number of aromatic hydroxyl groups is 1. The average Bonchev–Trinajstić information content (AvgIpc) is 2.36. The molecule has 0 bridgehead atoms. The second-order valence-electron chi connectivity index (χ2n) is 4.17. The third-order valence-electron chi connectivity index (χ3n) is 2.28. The molecule has 0 atom stereocenters. The van der Waals surface area contributed by atoms with Gasteiger partial charge in [-0.3, -0.25) is 0 Å². The van der Waals surface area contributed by atoms with E-state index in [2.05, 4.69) is 0 Å². The molecule has 1 rings (SSSR count). The molecular formula is C14H13NO5. The molecule has 6 nitrogen and oxygen atoms in total. The lowest BCUT2D eigenvalue weighted by atomic mass is 10.1. The van der Waals surface area contributed by atoms with E-state index in [1.807, 2.05) is 0 Å². The fourth-order valence-electron chi connectivity index (χ4n) is 1.42. The number of hydrogen-bond donors (Lipinski definition) is 2. The first-order chi connectivity index (χ1) is 9.36. The van der Waals surface area contributed by atoms with E-state index >= 15 is 0 Å². The minimum absolute atomic E-state index is 0.0576. The van der Waals surface area contributed by atoms with Gasteiger partial charge in [-0.15, -0.1) is 0 Å². The average molecular weight is 275 g/mol. The van der Waals surface area contributed by atoms with Crippen LogP contribution in [-0.4, -0.2) is 28.3 Å². The Balaban J connectivity index is 3.21. The lowest BCUT2D eigenvalue weighted by Gasteiger charge is -2.07. The standard InChI is InChI=1S/C14H13NO5/c1-8(2)20-14(19)10(7-15)6-9-4-3-5-11(12(9)16)13(17)18/h3-6,8,16H,1-2H3,(H,17,18)/b10-6+. The third kappa shape index (κ3) is 3.59. The molecule has 1 aromatic carbocycles. The van der Waals surface area contributed by atoms with Gasteiger partial charge in [0, 0.05) is 5.56 Å². The number of phenols is 1. The molecular weight excluding hydrogens is 262 g/mol. The van der Waals surface area contributed by atoms with E-state index in [4.69, 9.17) is 15.1 Å². The van der Waals surface area contributed by atoms with Crippen molar-refractivity contribution >= 4 is 18.0 Å². The fraction of sp³-hybridized carbons (Fsp3) is 0.214. The number of ether oxygens (including phenoxy) is 1. The lowest BCUT2D eigenvalue weighted by molar-refractivity contribution is -0.142. The quantitative estimate of drug-likeness (QED) is 0.494. The Morgan fingerprint density at radius 2 is 2.05 bits per heavy atom. The highest BCUT2D eigenvalue weighted by Crippen LogP contribution is 2.25. The molecule has 20 heavy (non-hydrogen) atoms. The maximum absolute atomic E-state index is 11.6. The van der Waals surface area contributed by atoms with Crippen molar-refractivity contribution in [3.8, 4) is 11.8 Å². The van der Waals surface area contributed by atoms with Crippen molar-refractivity contribution in [2.75, 3.05) is 0 Å². The molecule has 0 aliphatic carbocycles. The Morgan fingerprint density at radius 3 is 2.55 bits per heavy atom. The summed E-state index contributed by atoms with van der Waals surface area (Å²) in [5.74, 6) is -2.64. The zero-order valence-corrected chi connectivity index (χ0v) is 11.0. The van der Waals surface area contributed by atoms with E-state index in [9.17, 15) is 14.7 Å². The molecule has 0 heterocycles. The molecule has 2 N–H and O–H groups in total. The highest BCUT2D eigenvalue weighted by molar-refractivity contribution is 5.99. The fourth-order valence-corrected chi connectivity index (χ4v) is 1.42. The summed E-state index contributed by atoms with van der Waals surface area (Å²) in [5.41, 5.74) is -0.577. The number of para-hydroxylation sites is 1. The number of nitrogens with zero attached hydrogens (tertiary/aromatic N) is 1. The maximum atomic E-state index is 11.6. The van der Waals surface area contributed by atoms with Gasteiger partial charge in [-0.25, -0.2) is 9.59 Å². The summed E-state index contributed by atoms with van der Waals surface area (Å²) < 4.78 is 4.87. The van der Waals surface area contributed by atoms with Gasteiger partial charge in [-0.2, -0.15) is 5.26 Å². The van der Waals surface area contributed by atoms with Gasteiger partial charge < -0.3 is 14.9 Å². The number of nitriles is 1. The van der Waals surface area contributed by atoms with Crippen molar-refractivity contribution in [3.05, 3.63) is 34.9 Å². The lowest BCUT2D eigenvalue weighted by Crippen LogP contribution is -2.12. The van der Waals surface area contributed by atoms with Gasteiger partial charge in [-0.05, 0) is 26.0 Å². The molecule has 0 radical (unpaired) electrons. The highest BCUT2D eigenvalue weighted by atomic mass is 16.5. The predicted octanol–water partition coefficient (Wildman–Crippen LogP) is 1.95. The Bertz CT molecular complexity index is 610. The highest BCUT2D eigenvalue weighted by Gasteiger charge is 2.16. The van der Waals surface area contributed by atoms with Crippen molar-refractivity contribution < 1.29 is 24.5 Å². The second kappa shape index (κ2) is 6.38. The molecule has 1 aromatic rings. The van der Waals surface area contributed by atoms with Crippen LogP contribution in [0.4, 0.5) is 0 Å². The Kier molecular flexibility index (Phi) is 4.87. The van der Waals surface area contributed by atoms with E-state index in [-0.39, 0.29) is 16.7 Å². The topological polar surface area (TPSA) is 108 Å². The number of rotatable bonds is 4. The normalized spacial score (nSPS) is 11.0. The summed E-state index contributed by atoms with van der Waals surface area (Å²) in [6.45, 7) is 3.27. The number of benzene rings is 1. The van der Waals surface area contributed by atoms with Crippen LogP contribution < -0.4 is 0 Å². The molecule has 104 valence electrons. The van der Waals surface area contributed by atoms with Crippen molar-refractivity contribution in [1.29, 1.82) is 5.26 Å². The molecule has 0 spiro atoms.